The van der Waals surface area contributed by atoms with E-state index < -0.39 is 0 Å². The summed E-state index contributed by atoms with van der Waals surface area (Å²) in [6.07, 6.45) is 12.1. The molecule has 0 saturated carbocycles. The SMILES string of the molecule is C=C(OOCCOCCOC(=O)CN1C=CC(c2ccccc2)=CC1)N1C=CC(c2ccccc2)=CC1. The molecule has 0 radical (unpaired) electrons. The molecular formula is C30H32N2O5. The first-order valence-electron chi connectivity index (χ1n) is 12.3. The molecule has 0 amide bonds. The fourth-order valence-corrected chi connectivity index (χ4v) is 3.80. The van der Waals surface area contributed by atoms with Crippen LogP contribution in [-0.2, 0) is 24.0 Å². The average molecular weight is 501 g/mol. The minimum Gasteiger partial charge on any atom is -0.462 e. The standard InChI is InChI=1S/C30H32N2O5/c1-25(32-18-14-29(15-19-32)27-10-6-3-7-11-27)37-36-23-21-34-20-22-35-30(33)24-31-16-12-28(13-17-31)26-8-4-2-5-9-26/h2-16,18H,1,17,19-24H2. The van der Waals surface area contributed by atoms with Crippen molar-refractivity contribution in [3.8, 4) is 0 Å². The van der Waals surface area contributed by atoms with Gasteiger partial charge in [0.2, 0.25) is 5.88 Å². The van der Waals surface area contributed by atoms with Gasteiger partial charge in [0.1, 0.15) is 19.8 Å². The molecule has 2 aliphatic rings. The number of hydrogen-bond acceptors (Lipinski definition) is 7. The van der Waals surface area contributed by atoms with Crippen molar-refractivity contribution < 1.29 is 24.0 Å². The van der Waals surface area contributed by atoms with E-state index in [2.05, 4.69) is 43.0 Å². The van der Waals surface area contributed by atoms with E-state index in [1.807, 2.05) is 70.7 Å². The van der Waals surface area contributed by atoms with E-state index in [9.17, 15) is 4.79 Å². The normalized spacial score (nSPS) is 14.7. The maximum Gasteiger partial charge on any atom is 0.325 e. The molecule has 2 heterocycles. The van der Waals surface area contributed by atoms with E-state index in [0.29, 0.717) is 25.6 Å². The number of hydrogen-bond donors (Lipinski definition) is 0. The minimum absolute atomic E-state index is 0.184. The number of carbonyl (C=O) groups excluding carboxylic acids is 1. The highest BCUT2D eigenvalue weighted by molar-refractivity contribution is 5.76. The summed E-state index contributed by atoms with van der Waals surface area (Å²) in [4.78, 5) is 26.3. The summed E-state index contributed by atoms with van der Waals surface area (Å²) >= 11 is 0. The first-order chi connectivity index (χ1) is 18.2. The van der Waals surface area contributed by atoms with Crippen molar-refractivity contribution in [2.75, 3.05) is 46.1 Å². The van der Waals surface area contributed by atoms with Crippen molar-refractivity contribution in [1.82, 2.24) is 9.80 Å². The molecule has 0 N–H and O–H groups in total. The molecule has 0 bridgehead atoms. The van der Waals surface area contributed by atoms with Crippen molar-refractivity contribution in [3.05, 3.63) is 121 Å². The second kappa shape index (κ2) is 13.9. The molecular weight excluding hydrogens is 468 g/mol. The number of esters is 1. The Morgan fingerprint density at radius 3 is 2.00 bits per heavy atom. The Morgan fingerprint density at radius 1 is 0.784 bits per heavy atom. The molecule has 0 atom stereocenters. The second-order valence-corrected chi connectivity index (χ2v) is 8.40. The summed E-state index contributed by atoms with van der Waals surface area (Å²) < 4.78 is 10.7. The molecule has 2 aliphatic heterocycles. The Kier molecular flexibility index (Phi) is 9.75. The fourth-order valence-electron chi connectivity index (χ4n) is 3.80. The molecule has 7 heteroatoms. The Hall–Kier alpha value is -4.07. The third kappa shape index (κ3) is 8.24. The molecule has 2 aromatic carbocycles. The van der Waals surface area contributed by atoms with Crippen LogP contribution in [0, 0.1) is 0 Å². The number of benzene rings is 2. The largest absolute Gasteiger partial charge is 0.462 e. The molecule has 7 nitrogen and oxygen atoms in total. The van der Waals surface area contributed by atoms with Gasteiger partial charge in [-0.2, -0.15) is 4.89 Å². The van der Waals surface area contributed by atoms with Crippen LogP contribution in [0.4, 0.5) is 0 Å². The first kappa shape index (κ1) is 26.0. The first-order valence-corrected chi connectivity index (χ1v) is 12.3. The third-order valence-corrected chi connectivity index (χ3v) is 5.78. The van der Waals surface area contributed by atoms with E-state index in [0.717, 1.165) is 16.7 Å². The van der Waals surface area contributed by atoms with Gasteiger partial charge in [0, 0.05) is 25.5 Å². The molecule has 0 aliphatic carbocycles. The summed E-state index contributed by atoms with van der Waals surface area (Å²) in [7, 11) is 0. The quantitative estimate of drug-likeness (QED) is 0.129. The zero-order valence-electron chi connectivity index (χ0n) is 20.8. The van der Waals surface area contributed by atoms with Crippen molar-refractivity contribution in [3.63, 3.8) is 0 Å². The van der Waals surface area contributed by atoms with Gasteiger partial charge in [-0.1, -0.05) is 72.8 Å². The number of rotatable bonds is 13. The molecule has 0 aromatic heterocycles. The van der Waals surface area contributed by atoms with Gasteiger partial charge in [-0.05, 0) is 41.0 Å². The summed E-state index contributed by atoms with van der Waals surface area (Å²) in [5.41, 5.74) is 4.63. The lowest BCUT2D eigenvalue weighted by molar-refractivity contribution is -0.279. The molecule has 192 valence electrons. The highest BCUT2D eigenvalue weighted by Crippen LogP contribution is 2.21. The van der Waals surface area contributed by atoms with Gasteiger partial charge in [-0.15, -0.1) is 0 Å². The van der Waals surface area contributed by atoms with Gasteiger partial charge < -0.3 is 24.2 Å². The van der Waals surface area contributed by atoms with Crippen LogP contribution in [0.25, 0.3) is 11.1 Å². The Labute approximate surface area is 218 Å². The smallest absolute Gasteiger partial charge is 0.325 e. The summed E-state index contributed by atoms with van der Waals surface area (Å²) in [6.45, 7) is 6.39. The number of nitrogens with zero attached hydrogens (tertiary/aromatic N) is 2. The zero-order chi connectivity index (χ0) is 25.7. The van der Waals surface area contributed by atoms with Crippen LogP contribution < -0.4 is 0 Å². The average Bonchev–Trinajstić information content (AvgIpc) is 2.96. The molecule has 4 rings (SSSR count). The Morgan fingerprint density at radius 2 is 1.41 bits per heavy atom. The summed E-state index contributed by atoms with van der Waals surface area (Å²) in [5, 5.41) is 0. The van der Waals surface area contributed by atoms with Crippen LogP contribution in [0.1, 0.15) is 11.1 Å². The second-order valence-electron chi connectivity index (χ2n) is 8.40. The summed E-state index contributed by atoms with van der Waals surface area (Å²) in [6, 6.07) is 20.3. The van der Waals surface area contributed by atoms with Crippen LogP contribution in [-0.4, -0.2) is 61.8 Å². The van der Waals surface area contributed by atoms with Crippen LogP contribution >= 0.6 is 0 Å². The molecule has 0 fully saturated rings. The Balaban J connectivity index is 1.01. The number of allylic oxidation sites excluding steroid dienone is 4. The summed E-state index contributed by atoms with van der Waals surface area (Å²) in [5.74, 6) is 0.103. The van der Waals surface area contributed by atoms with E-state index in [1.54, 1.807) is 0 Å². The maximum absolute atomic E-state index is 12.1. The van der Waals surface area contributed by atoms with Gasteiger partial charge in [0.05, 0.1) is 13.2 Å². The Bertz CT molecular complexity index is 1160. The van der Waals surface area contributed by atoms with Gasteiger partial charge in [0.25, 0.3) is 0 Å². The van der Waals surface area contributed by atoms with Gasteiger partial charge >= 0.3 is 5.97 Å². The van der Waals surface area contributed by atoms with Crippen molar-refractivity contribution in [1.29, 1.82) is 0 Å². The van der Waals surface area contributed by atoms with Gasteiger partial charge in [0.15, 0.2) is 0 Å². The van der Waals surface area contributed by atoms with E-state index in [1.165, 1.54) is 5.56 Å². The van der Waals surface area contributed by atoms with Crippen LogP contribution in [0.5, 0.6) is 0 Å². The molecule has 0 spiro atoms. The predicted octanol–water partition coefficient (Wildman–Crippen LogP) is 4.79. The zero-order valence-corrected chi connectivity index (χ0v) is 20.8. The monoisotopic (exact) mass is 500 g/mol. The number of carbonyl (C=O) groups is 1. The minimum atomic E-state index is -0.292. The van der Waals surface area contributed by atoms with Crippen LogP contribution in [0.15, 0.2) is 110 Å². The number of ether oxygens (including phenoxy) is 2. The third-order valence-electron chi connectivity index (χ3n) is 5.78. The lowest BCUT2D eigenvalue weighted by Crippen LogP contribution is -2.28. The fraction of sp³-hybridized carbons (Fsp3) is 0.233. The molecule has 2 aromatic rings. The van der Waals surface area contributed by atoms with Crippen LogP contribution in [0.3, 0.4) is 0 Å². The molecule has 0 saturated heterocycles. The van der Waals surface area contributed by atoms with E-state index in [-0.39, 0.29) is 32.3 Å². The van der Waals surface area contributed by atoms with Gasteiger partial charge in [-0.25, -0.2) is 0 Å². The van der Waals surface area contributed by atoms with Gasteiger partial charge in [-0.3, -0.25) is 4.79 Å². The van der Waals surface area contributed by atoms with Crippen molar-refractivity contribution in [2.24, 2.45) is 0 Å². The highest BCUT2D eigenvalue weighted by atomic mass is 17.2. The highest BCUT2D eigenvalue weighted by Gasteiger charge is 2.12. The lowest BCUT2D eigenvalue weighted by atomic mass is 10.0. The van der Waals surface area contributed by atoms with Crippen molar-refractivity contribution in [2.45, 2.75) is 0 Å². The van der Waals surface area contributed by atoms with E-state index in [4.69, 9.17) is 19.2 Å². The topological polar surface area (TPSA) is 60.5 Å². The predicted molar refractivity (Wildman–Crippen MR) is 143 cm³/mol. The van der Waals surface area contributed by atoms with E-state index >= 15 is 0 Å². The molecule has 0 unspecified atom stereocenters. The lowest BCUT2D eigenvalue weighted by Gasteiger charge is -2.23. The van der Waals surface area contributed by atoms with Crippen LogP contribution in [0.2, 0.25) is 0 Å². The molecule has 37 heavy (non-hydrogen) atoms. The van der Waals surface area contributed by atoms with Crippen molar-refractivity contribution >= 4 is 17.1 Å². The maximum atomic E-state index is 12.1.